The van der Waals surface area contributed by atoms with E-state index in [1.807, 2.05) is 0 Å². The summed E-state index contributed by atoms with van der Waals surface area (Å²) in [7, 11) is 2.38. The van der Waals surface area contributed by atoms with Gasteiger partial charge < -0.3 is 0 Å². The molecule has 0 saturated heterocycles. The molecule has 0 spiro atoms. The Hall–Kier alpha value is 0.0649. The summed E-state index contributed by atoms with van der Waals surface area (Å²) in [6, 6.07) is 0. The van der Waals surface area contributed by atoms with Gasteiger partial charge >= 0.3 is 0 Å². The zero-order chi connectivity index (χ0) is 8.43. The molecule has 0 aromatic rings. The first-order valence-corrected chi connectivity index (χ1v) is 5.16. The van der Waals surface area contributed by atoms with Gasteiger partial charge in [-0.15, -0.1) is 0 Å². The molecule has 4 unspecified atom stereocenters. The van der Waals surface area contributed by atoms with Crippen LogP contribution in [-0.2, 0) is 0 Å². The molecule has 0 bridgehead atoms. The predicted octanol–water partition coefficient (Wildman–Crippen LogP) is 2.50. The van der Waals surface area contributed by atoms with E-state index in [-0.39, 0.29) is 0 Å². The molecule has 4 atom stereocenters. The van der Waals surface area contributed by atoms with Crippen LogP contribution in [0.2, 0.25) is 5.82 Å². The highest BCUT2D eigenvalue weighted by Gasteiger charge is 2.38. The summed E-state index contributed by atoms with van der Waals surface area (Å²) in [5.74, 6) is 4.02. The maximum atomic E-state index is 2.41. The monoisotopic (exact) mass is 152 g/mol. The Kier molecular flexibility index (Phi) is 3.03. The van der Waals surface area contributed by atoms with E-state index in [2.05, 4.69) is 28.6 Å². The highest BCUT2D eigenvalue weighted by Crippen LogP contribution is 2.48. The Morgan fingerprint density at radius 2 is 2.18 bits per heavy atom. The highest BCUT2D eigenvalue weighted by molar-refractivity contribution is 6.11. The van der Waals surface area contributed by atoms with Crippen molar-refractivity contribution in [3.8, 4) is 0 Å². The molecule has 0 aromatic carbocycles. The van der Waals surface area contributed by atoms with Crippen LogP contribution in [0.15, 0.2) is 0 Å². The first-order valence-electron chi connectivity index (χ1n) is 5.16. The zero-order valence-corrected chi connectivity index (χ0v) is 8.43. The first-order chi connectivity index (χ1) is 5.16. The maximum Gasteiger partial charge on any atom is 0.105 e. The molecule has 1 aliphatic rings. The molecule has 0 radical (unpaired) electrons. The number of hydrogen-bond donors (Lipinski definition) is 0. The third-order valence-corrected chi connectivity index (χ3v) is 3.31. The van der Waals surface area contributed by atoms with Crippen LogP contribution in [0.25, 0.3) is 0 Å². The van der Waals surface area contributed by atoms with Crippen molar-refractivity contribution in [1.29, 1.82) is 0 Å². The van der Waals surface area contributed by atoms with Gasteiger partial charge in [0.1, 0.15) is 7.85 Å². The average Bonchev–Trinajstić information content (AvgIpc) is 1.85. The van der Waals surface area contributed by atoms with E-state index >= 15 is 0 Å². The Morgan fingerprint density at radius 3 is 2.55 bits per heavy atom. The molecule has 0 aromatic heterocycles. The van der Waals surface area contributed by atoms with Gasteiger partial charge in [0, 0.05) is 0 Å². The van der Waals surface area contributed by atoms with Crippen molar-refractivity contribution >= 4 is 7.85 Å². The van der Waals surface area contributed by atoms with Gasteiger partial charge in [0.15, 0.2) is 0 Å². The van der Waals surface area contributed by atoms with Crippen molar-refractivity contribution in [3.05, 3.63) is 0 Å². The topological polar surface area (TPSA) is 0 Å². The van der Waals surface area contributed by atoms with Gasteiger partial charge in [-0.25, -0.2) is 0 Å². The van der Waals surface area contributed by atoms with Crippen LogP contribution in [0, 0.1) is 17.8 Å². The van der Waals surface area contributed by atoms with E-state index in [4.69, 9.17) is 0 Å². The molecule has 0 aliphatic heterocycles. The maximum absolute atomic E-state index is 2.41. The van der Waals surface area contributed by atoms with Crippen molar-refractivity contribution in [2.75, 3.05) is 0 Å². The molecular formula is C10H21B. The lowest BCUT2D eigenvalue weighted by Gasteiger charge is -2.46. The largest absolute Gasteiger partial charge is 0.105 e. The third-order valence-electron chi connectivity index (χ3n) is 3.31. The highest BCUT2D eigenvalue weighted by atomic mass is 14.4. The van der Waals surface area contributed by atoms with Crippen LogP contribution in [0.4, 0.5) is 0 Å². The van der Waals surface area contributed by atoms with Gasteiger partial charge in [-0.1, -0.05) is 39.4 Å². The van der Waals surface area contributed by atoms with Crippen LogP contribution in [0.5, 0.6) is 0 Å². The quantitative estimate of drug-likeness (QED) is 0.545. The zero-order valence-electron chi connectivity index (χ0n) is 8.43. The molecule has 1 heteroatoms. The van der Waals surface area contributed by atoms with Gasteiger partial charge in [0.05, 0.1) is 0 Å². The van der Waals surface area contributed by atoms with Gasteiger partial charge in [-0.2, -0.15) is 0 Å². The van der Waals surface area contributed by atoms with Crippen molar-refractivity contribution < 1.29 is 0 Å². The summed E-state index contributed by atoms with van der Waals surface area (Å²) in [5, 5.41) is 0. The minimum atomic E-state index is 0.912. The Labute approximate surface area is 72.2 Å². The Bertz CT molecular complexity index is 113. The van der Waals surface area contributed by atoms with Crippen LogP contribution in [0.3, 0.4) is 0 Å². The molecule has 0 N–H and O–H groups in total. The summed E-state index contributed by atoms with van der Waals surface area (Å²) in [4.78, 5) is 0. The van der Waals surface area contributed by atoms with E-state index in [1.54, 1.807) is 0 Å². The first kappa shape index (κ1) is 9.16. The summed E-state index contributed by atoms with van der Waals surface area (Å²) in [6.45, 7) is 7.10. The van der Waals surface area contributed by atoms with Crippen molar-refractivity contribution in [2.45, 2.75) is 45.9 Å². The fourth-order valence-electron chi connectivity index (χ4n) is 2.94. The molecule has 1 aliphatic carbocycles. The SMILES string of the molecule is BC(C)C1C(C)CC1CCC. The van der Waals surface area contributed by atoms with E-state index in [0.717, 1.165) is 23.6 Å². The summed E-state index contributed by atoms with van der Waals surface area (Å²) in [5.41, 5.74) is 0. The lowest BCUT2D eigenvalue weighted by molar-refractivity contribution is 0.0747. The predicted molar refractivity (Wildman–Crippen MR) is 53.6 cm³/mol. The Morgan fingerprint density at radius 1 is 1.55 bits per heavy atom. The number of rotatable bonds is 3. The molecule has 1 rings (SSSR count). The van der Waals surface area contributed by atoms with Crippen molar-refractivity contribution in [2.24, 2.45) is 17.8 Å². The van der Waals surface area contributed by atoms with Crippen LogP contribution in [0.1, 0.15) is 40.0 Å². The second-order valence-electron chi connectivity index (χ2n) is 4.58. The number of hydrogen-bond acceptors (Lipinski definition) is 0. The molecule has 0 amide bonds. The second-order valence-corrected chi connectivity index (χ2v) is 4.58. The molecular weight excluding hydrogens is 131 g/mol. The molecule has 11 heavy (non-hydrogen) atoms. The standard InChI is InChI=1S/C10H21B/c1-4-5-9-6-7(2)10(9)8(3)11/h7-10H,4-6,11H2,1-3H3. The van der Waals surface area contributed by atoms with E-state index in [9.17, 15) is 0 Å². The van der Waals surface area contributed by atoms with E-state index in [1.165, 1.54) is 19.3 Å². The van der Waals surface area contributed by atoms with E-state index in [0.29, 0.717) is 0 Å². The van der Waals surface area contributed by atoms with Crippen LogP contribution < -0.4 is 0 Å². The minimum Gasteiger partial charge on any atom is -0.0694 e. The lowest BCUT2D eigenvalue weighted by atomic mass is 9.55. The van der Waals surface area contributed by atoms with Gasteiger partial charge in [-0.05, 0) is 24.2 Å². The third kappa shape index (κ3) is 1.80. The molecule has 0 heterocycles. The fourth-order valence-corrected chi connectivity index (χ4v) is 2.94. The smallest absolute Gasteiger partial charge is 0.0694 e. The second kappa shape index (κ2) is 3.64. The minimum absolute atomic E-state index is 0.912. The van der Waals surface area contributed by atoms with E-state index < -0.39 is 0 Å². The van der Waals surface area contributed by atoms with Gasteiger partial charge in [-0.3, -0.25) is 0 Å². The van der Waals surface area contributed by atoms with Crippen molar-refractivity contribution in [1.82, 2.24) is 0 Å². The van der Waals surface area contributed by atoms with Crippen molar-refractivity contribution in [3.63, 3.8) is 0 Å². The summed E-state index contributed by atoms with van der Waals surface area (Å²) in [6.07, 6.45) is 4.34. The normalized spacial score (nSPS) is 39.7. The fraction of sp³-hybridized carbons (Fsp3) is 1.00. The average molecular weight is 152 g/mol. The van der Waals surface area contributed by atoms with Crippen LogP contribution >= 0.6 is 0 Å². The van der Waals surface area contributed by atoms with Gasteiger partial charge in [0.25, 0.3) is 0 Å². The Balaban J connectivity index is 2.35. The van der Waals surface area contributed by atoms with Gasteiger partial charge in [0.2, 0.25) is 0 Å². The molecule has 1 saturated carbocycles. The summed E-state index contributed by atoms with van der Waals surface area (Å²) < 4.78 is 0. The van der Waals surface area contributed by atoms with Crippen LogP contribution in [-0.4, -0.2) is 7.85 Å². The summed E-state index contributed by atoms with van der Waals surface area (Å²) >= 11 is 0. The lowest BCUT2D eigenvalue weighted by Crippen LogP contribution is -2.37. The molecule has 0 nitrogen and oxygen atoms in total. The molecule has 64 valence electrons. The molecule has 1 fully saturated rings.